The van der Waals surface area contributed by atoms with Gasteiger partial charge in [-0.1, -0.05) is 42.5 Å². The number of carbonyl (C=O) groups is 1. The van der Waals surface area contributed by atoms with E-state index >= 15 is 0 Å². The Morgan fingerprint density at radius 2 is 1.76 bits per heavy atom. The molecule has 1 amide bonds. The number of ether oxygens (including phenoxy) is 3. The third-order valence-electron chi connectivity index (χ3n) is 4.27. The van der Waals surface area contributed by atoms with Gasteiger partial charge in [0.2, 0.25) is 0 Å². The Balaban J connectivity index is 1.43. The van der Waals surface area contributed by atoms with Gasteiger partial charge in [0.15, 0.2) is 6.61 Å². The van der Waals surface area contributed by atoms with Gasteiger partial charge in [-0.3, -0.25) is 9.78 Å². The predicted octanol–water partition coefficient (Wildman–Crippen LogP) is 3.95. The molecule has 29 heavy (non-hydrogen) atoms. The van der Waals surface area contributed by atoms with E-state index in [2.05, 4.69) is 10.2 Å². The maximum absolute atomic E-state index is 11.1. The molecule has 0 saturated carbocycles. The van der Waals surface area contributed by atoms with Crippen LogP contribution < -0.4 is 4.74 Å². The molecule has 2 aromatic carbocycles. The van der Waals surface area contributed by atoms with E-state index < -0.39 is 5.91 Å². The number of nitroso groups, excluding NO2 is 1. The van der Waals surface area contributed by atoms with Crippen LogP contribution in [0, 0.1) is 11.8 Å². The van der Waals surface area contributed by atoms with Crippen molar-refractivity contribution in [3.63, 3.8) is 0 Å². The van der Waals surface area contributed by atoms with Crippen molar-refractivity contribution in [2.45, 2.75) is 20.1 Å². The lowest BCUT2D eigenvalue weighted by Crippen LogP contribution is -2.11. The molecule has 1 aromatic heterocycles. The maximum atomic E-state index is 11.1. The van der Waals surface area contributed by atoms with Crippen LogP contribution in [0.1, 0.15) is 16.8 Å². The normalized spacial score (nSPS) is 10.8. The van der Waals surface area contributed by atoms with Crippen LogP contribution >= 0.6 is 0 Å². The average Bonchev–Trinajstić information content (AvgIpc) is 2.75. The van der Waals surface area contributed by atoms with Gasteiger partial charge in [0.05, 0.1) is 37.6 Å². The fourth-order valence-corrected chi connectivity index (χ4v) is 2.86. The fourth-order valence-electron chi connectivity index (χ4n) is 2.86. The van der Waals surface area contributed by atoms with Gasteiger partial charge in [-0.15, -0.1) is 4.91 Å². The van der Waals surface area contributed by atoms with Crippen molar-refractivity contribution < 1.29 is 19.0 Å². The van der Waals surface area contributed by atoms with Crippen LogP contribution in [-0.2, 0) is 27.5 Å². The molecule has 3 aromatic rings. The van der Waals surface area contributed by atoms with Gasteiger partial charge in [-0.25, -0.2) is 0 Å². The number of aromatic nitrogens is 1. The lowest BCUT2D eigenvalue weighted by atomic mass is 10.1. The van der Waals surface area contributed by atoms with Crippen LogP contribution in [0.5, 0.6) is 5.75 Å². The van der Waals surface area contributed by atoms with E-state index in [0.29, 0.717) is 32.2 Å². The highest BCUT2D eigenvalue weighted by atomic mass is 16.5. The van der Waals surface area contributed by atoms with Crippen molar-refractivity contribution in [3.05, 3.63) is 76.3 Å². The Hall–Kier alpha value is -3.16. The zero-order chi connectivity index (χ0) is 20.5. The molecule has 7 heteroatoms. The molecular formula is C22H22N2O5. The first-order valence-electron chi connectivity index (χ1n) is 9.25. The molecular weight excluding hydrogens is 372 g/mol. The van der Waals surface area contributed by atoms with Crippen molar-refractivity contribution >= 4 is 16.8 Å². The van der Waals surface area contributed by atoms with Crippen LogP contribution in [0.15, 0.2) is 59.8 Å². The summed E-state index contributed by atoms with van der Waals surface area (Å²) in [6, 6.07) is 17.5. The number of benzene rings is 2. The minimum absolute atomic E-state index is 0.303. The number of hydrogen-bond acceptors (Lipinski definition) is 6. The van der Waals surface area contributed by atoms with E-state index in [0.717, 1.165) is 27.7 Å². The number of pyridine rings is 1. The molecule has 0 aliphatic heterocycles. The van der Waals surface area contributed by atoms with E-state index in [4.69, 9.17) is 14.2 Å². The number of rotatable bonds is 10. The van der Waals surface area contributed by atoms with Gasteiger partial charge in [-0.2, -0.15) is 0 Å². The summed E-state index contributed by atoms with van der Waals surface area (Å²) in [4.78, 5) is 25.8. The molecule has 0 radical (unpaired) electrons. The summed E-state index contributed by atoms with van der Waals surface area (Å²) in [5, 5.41) is 3.43. The summed E-state index contributed by atoms with van der Waals surface area (Å²) in [6.45, 7) is 3.01. The van der Waals surface area contributed by atoms with Gasteiger partial charge < -0.3 is 14.2 Å². The molecule has 3 rings (SSSR count). The second-order valence-corrected chi connectivity index (χ2v) is 6.44. The van der Waals surface area contributed by atoms with Gasteiger partial charge in [0.25, 0.3) is 0 Å². The van der Waals surface area contributed by atoms with Crippen molar-refractivity contribution in [1.29, 1.82) is 0 Å². The van der Waals surface area contributed by atoms with Crippen molar-refractivity contribution in [3.8, 4) is 5.75 Å². The minimum Gasteiger partial charge on any atom is -0.483 e. The Labute approximate surface area is 168 Å². The van der Waals surface area contributed by atoms with Crippen molar-refractivity contribution in [2.24, 2.45) is 5.18 Å². The minimum atomic E-state index is -0.851. The van der Waals surface area contributed by atoms with Crippen LogP contribution in [0.2, 0.25) is 0 Å². The molecule has 0 unspecified atom stereocenters. The lowest BCUT2D eigenvalue weighted by Gasteiger charge is -2.13. The van der Waals surface area contributed by atoms with E-state index in [-0.39, 0.29) is 6.61 Å². The molecule has 0 spiro atoms. The second-order valence-electron chi connectivity index (χ2n) is 6.44. The number of amides is 1. The SMILES string of the molecule is Cc1cccc(COCCOCc2ccc3ccccc3n2)c1OCC(=O)N=O. The molecule has 150 valence electrons. The quantitative estimate of drug-likeness (QED) is 0.382. The second kappa shape index (κ2) is 10.4. The molecule has 0 bridgehead atoms. The number of para-hydroxylation sites is 2. The van der Waals surface area contributed by atoms with Gasteiger partial charge >= 0.3 is 5.91 Å². The predicted molar refractivity (Wildman–Crippen MR) is 109 cm³/mol. The molecule has 0 fully saturated rings. The number of aryl methyl sites for hydroxylation is 1. The fraction of sp³-hybridized carbons (Fsp3) is 0.273. The first-order chi connectivity index (χ1) is 14.2. The molecule has 0 aliphatic carbocycles. The number of fused-ring (bicyclic) bond motifs is 1. The first-order valence-corrected chi connectivity index (χ1v) is 9.25. The average molecular weight is 394 g/mol. The van der Waals surface area contributed by atoms with Gasteiger partial charge in [0, 0.05) is 16.1 Å². The summed E-state index contributed by atoms with van der Waals surface area (Å²) in [7, 11) is 0. The number of nitrogens with zero attached hydrogens (tertiary/aromatic N) is 2. The van der Waals surface area contributed by atoms with Crippen LogP contribution in [0.4, 0.5) is 0 Å². The highest BCUT2D eigenvalue weighted by Crippen LogP contribution is 2.24. The third-order valence-corrected chi connectivity index (χ3v) is 4.27. The number of hydrogen-bond donors (Lipinski definition) is 0. The van der Waals surface area contributed by atoms with E-state index in [9.17, 15) is 9.70 Å². The Kier molecular flexibility index (Phi) is 7.38. The Morgan fingerprint density at radius 1 is 0.966 bits per heavy atom. The monoisotopic (exact) mass is 394 g/mol. The van der Waals surface area contributed by atoms with Crippen molar-refractivity contribution in [1.82, 2.24) is 4.98 Å². The van der Waals surface area contributed by atoms with E-state index in [1.165, 1.54) is 0 Å². The largest absolute Gasteiger partial charge is 0.483 e. The number of carbonyl (C=O) groups excluding carboxylic acids is 1. The summed E-state index contributed by atoms with van der Waals surface area (Å²) < 4.78 is 16.7. The summed E-state index contributed by atoms with van der Waals surface area (Å²) in [5.41, 5.74) is 3.45. The standard InChI is InChI=1S/C22H22N2O5/c1-16-5-4-7-18(22(16)29-15-21(25)24-26)13-27-11-12-28-14-19-10-9-17-6-2-3-8-20(17)23-19/h2-10H,11-15H2,1H3. The highest BCUT2D eigenvalue weighted by molar-refractivity contribution is 5.78. The molecule has 7 nitrogen and oxygen atoms in total. The third kappa shape index (κ3) is 5.91. The topological polar surface area (TPSA) is 87.1 Å². The molecule has 0 atom stereocenters. The zero-order valence-corrected chi connectivity index (χ0v) is 16.2. The zero-order valence-electron chi connectivity index (χ0n) is 16.2. The highest BCUT2D eigenvalue weighted by Gasteiger charge is 2.10. The van der Waals surface area contributed by atoms with Gasteiger partial charge in [-0.05, 0) is 24.6 Å². The summed E-state index contributed by atoms with van der Waals surface area (Å²) >= 11 is 0. The lowest BCUT2D eigenvalue weighted by molar-refractivity contribution is -0.119. The maximum Gasteiger partial charge on any atom is 0.323 e. The molecule has 0 saturated heterocycles. The summed E-state index contributed by atoms with van der Waals surface area (Å²) in [5.74, 6) is -0.318. The van der Waals surface area contributed by atoms with E-state index in [1.54, 1.807) is 0 Å². The Bertz CT molecular complexity index is 990. The van der Waals surface area contributed by atoms with E-state index in [1.807, 2.05) is 61.5 Å². The first kappa shape index (κ1) is 20.6. The smallest absolute Gasteiger partial charge is 0.323 e. The molecule has 0 N–H and O–H groups in total. The molecule has 1 heterocycles. The van der Waals surface area contributed by atoms with Crippen LogP contribution in [0.25, 0.3) is 10.9 Å². The molecule has 0 aliphatic rings. The summed E-state index contributed by atoms with van der Waals surface area (Å²) in [6.07, 6.45) is 0. The van der Waals surface area contributed by atoms with Gasteiger partial charge in [0.1, 0.15) is 5.75 Å². The Morgan fingerprint density at radius 3 is 2.59 bits per heavy atom. The van der Waals surface area contributed by atoms with Crippen LogP contribution in [0.3, 0.4) is 0 Å². The van der Waals surface area contributed by atoms with Crippen molar-refractivity contribution in [2.75, 3.05) is 19.8 Å². The van der Waals surface area contributed by atoms with Crippen LogP contribution in [-0.4, -0.2) is 30.7 Å².